The Labute approximate surface area is 367 Å². The maximum atomic E-state index is 5.42. The smallest absolute Gasteiger partial charge is 0.0805 e. The Kier molecular flexibility index (Phi) is 9.56. The van der Waals surface area contributed by atoms with Crippen LogP contribution in [0.4, 0.5) is 0 Å². The van der Waals surface area contributed by atoms with Gasteiger partial charge in [-0.1, -0.05) is 170 Å². The molecule has 2 aromatic heterocycles. The van der Waals surface area contributed by atoms with Crippen molar-refractivity contribution < 1.29 is 0 Å². The van der Waals surface area contributed by atoms with Gasteiger partial charge in [-0.25, -0.2) is 0 Å². The summed E-state index contributed by atoms with van der Waals surface area (Å²) in [6.45, 7) is 6.86. The number of rotatable bonds is 8. The van der Waals surface area contributed by atoms with E-state index in [-0.39, 0.29) is 0 Å². The zero-order valence-corrected chi connectivity index (χ0v) is 35.0. The molecule has 0 fully saturated rings. The van der Waals surface area contributed by atoms with E-state index < -0.39 is 0 Å². The molecular weight excluding hydrogens is 763 g/mol. The third-order valence-electron chi connectivity index (χ3n) is 12.2. The van der Waals surface area contributed by atoms with Crippen LogP contribution < -0.4 is 10.6 Å². The van der Waals surface area contributed by atoms with Crippen LogP contribution in [0.15, 0.2) is 236 Å². The molecule has 0 atom stereocenters. The molecule has 0 saturated heterocycles. The predicted molar refractivity (Wildman–Crippen MR) is 266 cm³/mol. The van der Waals surface area contributed by atoms with Gasteiger partial charge >= 0.3 is 0 Å². The number of hydrogen-bond donors (Lipinski definition) is 0. The molecular formula is C60H43N3. The average Bonchev–Trinajstić information content (AvgIpc) is 3.84. The lowest BCUT2D eigenvalue weighted by Crippen LogP contribution is -2.29. The fourth-order valence-corrected chi connectivity index (χ4v) is 9.20. The molecule has 3 heteroatoms. The Morgan fingerprint density at radius 3 is 1.37 bits per heavy atom. The fourth-order valence-electron chi connectivity index (χ4n) is 9.20. The molecule has 0 spiro atoms. The molecule has 0 N–H and O–H groups in total. The number of benzene rings is 9. The van der Waals surface area contributed by atoms with Crippen molar-refractivity contribution in [2.75, 3.05) is 0 Å². The average molecular weight is 806 g/mol. The predicted octanol–water partition coefficient (Wildman–Crippen LogP) is 13.8. The van der Waals surface area contributed by atoms with Crippen molar-refractivity contribution in [2.24, 2.45) is 4.99 Å². The van der Waals surface area contributed by atoms with E-state index in [0.29, 0.717) is 0 Å². The van der Waals surface area contributed by atoms with Crippen LogP contribution in [-0.4, -0.2) is 14.8 Å². The summed E-state index contributed by atoms with van der Waals surface area (Å²) in [5.41, 5.74) is 16.7. The van der Waals surface area contributed by atoms with E-state index in [1.54, 1.807) is 0 Å². The van der Waals surface area contributed by atoms with Gasteiger partial charge < -0.3 is 9.13 Å². The molecule has 9 aromatic carbocycles. The molecule has 0 aliphatic heterocycles. The van der Waals surface area contributed by atoms with E-state index in [1.165, 1.54) is 38.5 Å². The van der Waals surface area contributed by atoms with Crippen LogP contribution in [0.1, 0.15) is 18.1 Å². The summed E-state index contributed by atoms with van der Waals surface area (Å²) in [6, 6.07) is 82.3. The van der Waals surface area contributed by atoms with Crippen molar-refractivity contribution in [2.45, 2.75) is 6.92 Å². The van der Waals surface area contributed by atoms with Crippen molar-refractivity contribution in [3.8, 4) is 44.8 Å². The Balaban J connectivity index is 1.04. The summed E-state index contributed by atoms with van der Waals surface area (Å²) in [7, 11) is 0. The Hall–Kier alpha value is -8.27. The highest BCUT2D eigenvalue weighted by atomic mass is 15.0. The molecule has 0 unspecified atom stereocenters. The highest BCUT2D eigenvalue weighted by Gasteiger charge is 2.17. The van der Waals surface area contributed by atoms with Crippen LogP contribution >= 0.6 is 0 Å². The molecule has 2 heterocycles. The van der Waals surface area contributed by atoms with E-state index in [9.17, 15) is 0 Å². The first kappa shape index (κ1) is 37.7. The molecule has 0 amide bonds. The first-order chi connectivity index (χ1) is 31.1. The first-order valence-corrected chi connectivity index (χ1v) is 21.5. The van der Waals surface area contributed by atoms with Gasteiger partial charge in [0, 0.05) is 49.4 Å². The van der Waals surface area contributed by atoms with Crippen molar-refractivity contribution in [3.63, 3.8) is 0 Å². The second kappa shape index (κ2) is 16.0. The molecule has 0 radical (unpaired) electrons. The quantitative estimate of drug-likeness (QED) is 0.137. The summed E-state index contributed by atoms with van der Waals surface area (Å²) in [5.74, 6) is 0. The van der Waals surface area contributed by atoms with Crippen LogP contribution in [0.25, 0.3) is 89.7 Å². The molecule has 11 rings (SSSR count). The van der Waals surface area contributed by atoms with Crippen LogP contribution in [-0.2, 0) is 0 Å². The Bertz CT molecular complexity index is 3620. The lowest BCUT2D eigenvalue weighted by atomic mass is 9.95. The number of para-hydroxylation sites is 3. The minimum atomic E-state index is 0.894. The monoisotopic (exact) mass is 805 g/mol. The zero-order valence-electron chi connectivity index (χ0n) is 35.0. The number of fused-ring (bicyclic) bond motifs is 4. The normalized spacial score (nSPS) is 12.3. The lowest BCUT2D eigenvalue weighted by Gasteiger charge is -2.10. The van der Waals surface area contributed by atoms with Crippen molar-refractivity contribution in [3.05, 3.63) is 252 Å². The van der Waals surface area contributed by atoms with Gasteiger partial charge in [0.2, 0.25) is 0 Å². The van der Waals surface area contributed by atoms with Gasteiger partial charge in [0.05, 0.1) is 22.2 Å². The molecule has 0 aliphatic carbocycles. The van der Waals surface area contributed by atoms with Gasteiger partial charge in [-0.15, -0.1) is 0 Å². The van der Waals surface area contributed by atoms with Crippen LogP contribution in [0.5, 0.6) is 0 Å². The van der Waals surface area contributed by atoms with Gasteiger partial charge in [-0.2, -0.15) is 0 Å². The van der Waals surface area contributed by atoms with Crippen LogP contribution in [0, 0.1) is 0 Å². The third kappa shape index (κ3) is 6.86. The summed E-state index contributed by atoms with van der Waals surface area (Å²) in [5, 5.41) is 5.50. The van der Waals surface area contributed by atoms with Crippen LogP contribution in [0.3, 0.4) is 0 Å². The van der Waals surface area contributed by atoms with Crippen LogP contribution in [0.2, 0.25) is 0 Å². The van der Waals surface area contributed by atoms with E-state index in [1.807, 2.05) is 6.07 Å². The van der Waals surface area contributed by atoms with Crippen molar-refractivity contribution in [1.82, 2.24) is 9.13 Å². The SMILES string of the molecule is C=c1/c(=C(\N=C(C)c2ccccc2)c2ccccc2)c2cc(-c3cccc(-c4cccc(-c5ccc6c(c5)c5ccccc5n6-c5ccccc5)c4)c3)ccc2n1-c1ccccc1. The summed E-state index contributed by atoms with van der Waals surface area (Å²) >= 11 is 0. The minimum absolute atomic E-state index is 0.894. The van der Waals surface area contributed by atoms with E-state index in [0.717, 1.165) is 72.1 Å². The third-order valence-corrected chi connectivity index (χ3v) is 12.2. The van der Waals surface area contributed by atoms with Gasteiger partial charge in [-0.05, 0) is 113 Å². The summed E-state index contributed by atoms with van der Waals surface area (Å²) in [6.07, 6.45) is 0. The lowest BCUT2D eigenvalue weighted by molar-refractivity contribution is 1.07. The van der Waals surface area contributed by atoms with Gasteiger partial charge in [-0.3, -0.25) is 4.99 Å². The fraction of sp³-hybridized carbons (Fsp3) is 0.0167. The number of nitrogens with zero attached hydrogens (tertiary/aromatic N) is 3. The minimum Gasteiger partial charge on any atom is -0.310 e. The maximum absolute atomic E-state index is 5.42. The standard InChI is InChI=1S/C60H43N3/c1-41(43-19-7-3-8-20-43)61-60(44-21-9-4-10-22-44)59-42(2)62(51-27-11-5-12-28-51)58-36-34-50(40-55(58)59)48-26-18-24-46(38-48)45-23-17-25-47(37-45)49-33-35-57-54(39-49)53-31-15-16-32-56(53)63(57)52-29-13-6-14-30-52/h3-40H,2H2,1H3/b60-59+,61-41?. The second-order valence-electron chi connectivity index (χ2n) is 16.1. The Morgan fingerprint density at radius 2 is 0.794 bits per heavy atom. The highest BCUT2D eigenvalue weighted by Crippen LogP contribution is 2.36. The Morgan fingerprint density at radius 1 is 0.365 bits per heavy atom. The molecule has 11 aromatic rings. The van der Waals surface area contributed by atoms with Crippen molar-refractivity contribution >= 4 is 50.7 Å². The molecule has 0 bridgehead atoms. The molecule has 298 valence electrons. The number of hydrogen-bond acceptors (Lipinski definition) is 1. The molecule has 0 aliphatic rings. The maximum Gasteiger partial charge on any atom is 0.0805 e. The first-order valence-electron chi connectivity index (χ1n) is 21.5. The van der Waals surface area contributed by atoms with Gasteiger partial charge in [0.1, 0.15) is 0 Å². The molecule has 0 saturated carbocycles. The zero-order chi connectivity index (χ0) is 42.3. The summed E-state index contributed by atoms with van der Waals surface area (Å²) in [4.78, 5) is 5.42. The van der Waals surface area contributed by atoms with Crippen molar-refractivity contribution in [1.29, 1.82) is 0 Å². The largest absolute Gasteiger partial charge is 0.310 e. The second-order valence-corrected chi connectivity index (χ2v) is 16.1. The van der Waals surface area contributed by atoms with E-state index in [2.05, 4.69) is 241 Å². The molecule has 63 heavy (non-hydrogen) atoms. The molecule has 3 nitrogen and oxygen atoms in total. The number of aliphatic imine (C=N–C) groups is 1. The van der Waals surface area contributed by atoms with E-state index in [4.69, 9.17) is 11.6 Å². The number of aromatic nitrogens is 2. The topological polar surface area (TPSA) is 22.2 Å². The highest BCUT2D eigenvalue weighted by molar-refractivity contribution is 6.10. The van der Waals surface area contributed by atoms with Gasteiger partial charge in [0.15, 0.2) is 0 Å². The summed E-state index contributed by atoms with van der Waals surface area (Å²) < 4.78 is 4.63. The van der Waals surface area contributed by atoms with Gasteiger partial charge in [0.25, 0.3) is 0 Å². The van der Waals surface area contributed by atoms with E-state index >= 15 is 0 Å².